The molecule has 0 spiro atoms. The average molecular weight is 715 g/mol. The summed E-state index contributed by atoms with van der Waals surface area (Å²) in [6, 6.07) is 32.8. The average Bonchev–Trinajstić information content (AvgIpc) is 3.18. The van der Waals surface area contributed by atoms with E-state index in [1.54, 1.807) is 56.9 Å². The topological polar surface area (TPSA) is 73.8 Å². The van der Waals surface area contributed by atoms with Gasteiger partial charge in [-0.25, -0.2) is 0 Å². The molecule has 8 nitrogen and oxygen atoms in total. The molecule has 262 valence electrons. The summed E-state index contributed by atoms with van der Waals surface area (Å²) in [5.74, 6) is 5.98. The Morgan fingerprint density at radius 2 is 0.600 bits per heavy atom. The highest BCUT2D eigenvalue weighted by Crippen LogP contribution is 2.49. The Hall–Kier alpha value is -4.64. The van der Waals surface area contributed by atoms with Crippen LogP contribution in [0, 0.1) is 0 Å². The van der Waals surface area contributed by atoms with Gasteiger partial charge in [-0.1, -0.05) is 24.3 Å². The summed E-state index contributed by atoms with van der Waals surface area (Å²) in [5, 5.41) is 4.32. The van der Waals surface area contributed by atoms with Crippen LogP contribution in [-0.4, -0.2) is 56.9 Å². The highest BCUT2D eigenvalue weighted by Gasteiger charge is 2.27. The number of ether oxygens (including phenoxy) is 8. The summed E-state index contributed by atoms with van der Waals surface area (Å²) in [5.41, 5.74) is 2.45. The lowest BCUT2D eigenvalue weighted by molar-refractivity contribution is 0.395. The molecule has 0 atom stereocenters. The molecule has 0 aromatic heterocycles. The maximum atomic E-state index is 5.97. The second kappa shape index (κ2) is 17.3. The van der Waals surface area contributed by atoms with Gasteiger partial charge in [-0.3, -0.25) is 0 Å². The molecule has 0 aliphatic carbocycles. The van der Waals surface area contributed by atoms with Crippen molar-refractivity contribution in [3.8, 4) is 46.0 Å². The maximum Gasteiger partial charge on any atom is 0.130 e. The van der Waals surface area contributed by atoms with Gasteiger partial charge in [0.05, 0.1) is 56.9 Å². The fraction of sp³-hybridized carbons (Fsp3) is 0.250. The molecule has 0 saturated carbocycles. The number of rotatable bonds is 16. The normalized spacial score (nSPS) is 10.9. The van der Waals surface area contributed by atoms with Gasteiger partial charge in [0.1, 0.15) is 46.0 Å². The number of benzene rings is 5. The van der Waals surface area contributed by atoms with Gasteiger partial charge in [0.25, 0.3) is 0 Å². The molecule has 0 aliphatic heterocycles. The van der Waals surface area contributed by atoms with Gasteiger partial charge in [0.15, 0.2) is 0 Å². The monoisotopic (exact) mass is 714 g/mol. The minimum absolute atomic E-state index is 0.732. The molecule has 0 amide bonds. The minimum Gasteiger partial charge on any atom is -0.497 e. The smallest absolute Gasteiger partial charge is 0.130 e. The highest BCUT2D eigenvalue weighted by molar-refractivity contribution is 7.73. The van der Waals surface area contributed by atoms with Gasteiger partial charge < -0.3 is 37.9 Å². The number of methoxy groups -OCH3 is 8. The van der Waals surface area contributed by atoms with Crippen LogP contribution in [0.25, 0.3) is 0 Å². The first kappa shape index (κ1) is 36.6. The summed E-state index contributed by atoms with van der Waals surface area (Å²) in [6.07, 6.45) is 1.47. The first-order valence-corrected chi connectivity index (χ1v) is 19.0. The SMILES string of the molecule is COc1ccc(P(Cc2ccccc2CP(c2ccc(OC)cc2OC)c2ccc(OC)cc2OC)c2ccc(OC)cc2OC)c(OC)c1. The largest absolute Gasteiger partial charge is 0.497 e. The van der Waals surface area contributed by atoms with Crippen LogP contribution in [0.3, 0.4) is 0 Å². The predicted molar refractivity (Wildman–Crippen MR) is 204 cm³/mol. The molecule has 5 aromatic carbocycles. The van der Waals surface area contributed by atoms with Crippen molar-refractivity contribution >= 4 is 37.1 Å². The van der Waals surface area contributed by atoms with E-state index in [-0.39, 0.29) is 0 Å². The van der Waals surface area contributed by atoms with Crippen LogP contribution < -0.4 is 59.1 Å². The molecule has 0 fully saturated rings. The number of hydrogen-bond donors (Lipinski definition) is 0. The van der Waals surface area contributed by atoms with E-state index in [1.165, 1.54) is 11.1 Å². The van der Waals surface area contributed by atoms with Gasteiger partial charge in [-0.2, -0.15) is 0 Å². The van der Waals surface area contributed by atoms with Crippen LogP contribution >= 0.6 is 15.8 Å². The van der Waals surface area contributed by atoms with Crippen molar-refractivity contribution in [2.45, 2.75) is 12.3 Å². The van der Waals surface area contributed by atoms with Crippen molar-refractivity contribution in [2.75, 3.05) is 56.9 Å². The second-order valence-electron chi connectivity index (χ2n) is 11.1. The Balaban J connectivity index is 1.67. The van der Waals surface area contributed by atoms with E-state index in [0.29, 0.717) is 0 Å². The zero-order chi connectivity index (χ0) is 35.6. The van der Waals surface area contributed by atoms with E-state index in [2.05, 4.69) is 48.5 Å². The second-order valence-corrected chi connectivity index (χ2v) is 15.4. The van der Waals surface area contributed by atoms with Crippen LogP contribution in [0.1, 0.15) is 11.1 Å². The van der Waals surface area contributed by atoms with E-state index in [1.807, 2.05) is 48.5 Å². The van der Waals surface area contributed by atoms with Gasteiger partial charge in [-0.15, -0.1) is 0 Å². The third kappa shape index (κ3) is 8.04. The lowest BCUT2D eigenvalue weighted by atomic mass is 10.1. The quantitative estimate of drug-likeness (QED) is 0.101. The molecule has 0 aliphatic rings. The molecule has 0 heterocycles. The zero-order valence-corrected chi connectivity index (χ0v) is 31.6. The first-order chi connectivity index (χ1) is 24.4. The molecule has 0 N–H and O–H groups in total. The summed E-state index contributed by atoms with van der Waals surface area (Å²) < 4.78 is 46.1. The maximum absolute atomic E-state index is 5.97. The molecule has 5 aromatic rings. The molecule has 0 saturated heterocycles. The fourth-order valence-corrected chi connectivity index (χ4v) is 11.0. The van der Waals surface area contributed by atoms with Crippen LogP contribution in [-0.2, 0) is 12.3 Å². The molecule has 0 bridgehead atoms. The van der Waals surface area contributed by atoms with Crippen molar-refractivity contribution in [2.24, 2.45) is 0 Å². The Bertz CT molecular complexity index is 1650. The van der Waals surface area contributed by atoms with Crippen molar-refractivity contribution in [1.29, 1.82) is 0 Å². The van der Waals surface area contributed by atoms with Crippen molar-refractivity contribution in [1.82, 2.24) is 0 Å². The molecule has 50 heavy (non-hydrogen) atoms. The summed E-state index contributed by atoms with van der Waals surface area (Å²) in [6.45, 7) is 0. The van der Waals surface area contributed by atoms with Gasteiger partial charge >= 0.3 is 0 Å². The first-order valence-electron chi connectivity index (χ1n) is 15.9. The third-order valence-corrected chi connectivity index (χ3v) is 13.6. The van der Waals surface area contributed by atoms with Crippen molar-refractivity contribution in [3.63, 3.8) is 0 Å². The van der Waals surface area contributed by atoms with E-state index in [4.69, 9.17) is 37.9 Å². The van der Waals surface area contributed by atoms with E-state index in [9.17, 15) is 0 Å². The zero-order valence-electron chi connectivity index (χ0n) is 29.8. The fourth-order valence-electron chi connectivity index (χ4n) is 5.84. The number of hydrogen-bond acceptors (Lipinski definition) is 8. The molecule has 5 rings (SSSR count). The molecular formula is C40H44O8P2. The lowest BCUT2D eigenvalue weighted by Gasteiger charge is -2.27. The van der Waals surface area contributed by atoms with E-state index >= 15 is 0 Å². The lowest BCUT2D eigenvalue weighted by Crippen LogP contribution is -2.19. The van der Waals surface area contributed by atoms with E-state index < -0.39 is 15.8 Å². The standard InChI is InChI=1S/C40H44O8P2/c1-41-29-13-17-37(33(21-29)45-5)49(38-18-14-30(42-2)22-34(38)46-6)25-27-11-9-10-12-28(27)26-50(39-19-15-31(43-3)23-35(39)47-7)40-20-16-32(44-4)24-36(40)48-8/h9-24H,25-26H2,1-8H3. The van der Waals surface area contributed by atoms with Crippen LogP contribution in [0.4, 0.5) is 0 Å². The Kier molecular flexibility index (Phi) is 12.7. The van der Waals surface area contributed by atoms with E-state index in [0.717, 1.165) is 79.5 Å². The van der Waals surface area contributed by atoms with Gasteiger partial charge in [-0.05, 0) is 75.5 Å². The minimum atomic E-state index is -1.03. The third-order valence-electron chi connectivity index (χ3n) is 8.49. The highest BCUT2D eigenvalue weighted by atomic mass is 31.1. The van der Waals surface area contributed by atoms with Crippen LogP contribution in [0.15, 0.2) is 97.1 Å². The Labute approximate surface area is 297 Å². The molecule has 0 radical (unpaired) electrons. The summed E-state index contributed by atoms with van der Waals surface area (Å²) in [4.78, 5) is 0. The molecule has 10 heteroatoms. The van der Waals surface area contributed by atoms with Crippen LogP contribution in [0.5, 0.6) is 46.0 Å². The Morgan fingerprint density at radius 1 is 0.340 bits per heavy atom. The predicted octanol–water partition coefficient (Wildman–Crippen LogP) is 7.02. The Morgan fingerprint density at radius 3 is 0.820 bits per heavy atom. The van der Waals surface area contributed by atoms with Gasteiger partial charge in [0.2, 0.25) is 0 Å². The summed E-state index contributed by atoms with van der Waals surface area (Å²) >= 11 is 0. The molecular weight excluding hydrogens is 670 g/mol. The van der Waals surface area contributed by atoms with Crippen molar-refractivity contribution < 1.29 is 37.9 Å². The van der Waals surface area contributed by atoms with Crippen molar-refractivity contribution in [3.05, 3.63) is 108 Å². The van der Waals surface area contributed by atoms with Crippen LogP contribution in [0.2, 0.25) is 0 Å². The molecule has 0 unspecified atom stereocenters. The summed E-state index contributed by atoms with van der Waals surface area (Å²) in [7, 11) is 11.4. The van der Waals surface area contributed by atoms with Gasteiger partial charge in [0, 0.05) is 57.8 Å².